The van der Waals surface area contributed by atoms with Crippen molar-refractivity contribution in [3.63, 3.8) is 0 Å². The zero-order valence-electron chi connectivity index (χ0n) is 12.8. The molecule has 1 heterocycles. The summed E-state index contributed by atoms with van der Waals surface area (Å²) in [5, 5.41) is 4.02. The van der Waals surface area contributed by atoms with Crippen LogP contribution >= 0.6 is 0 Å². The van der Waals surface area contributed by atoms with Crippen molar-refractivity contribution >= 4 is 0 Å². The Morgan fingerprint density at radius 3 is 2.38 bits per heavy atom. The molecular formula is C15H21N3O3. The Kier molecular flexibility index (Phi) is 4.47. The standard InChI is InChI=1S/C15H21N3O3/c1-5-15(16,6-2)14-17-13(21-18-14)10-7-8-11(19-3)12(9-10)20-4/h7-9H,5-6,16H2,1-4H3. The zero-order chi connectivity index (χ0) is 15.5. The van der Waals surface area contributed by atoms with Crippen LogP contribution in [0.4, 0.5) is 0 Å². The van der Waals surface area contributed by atoms with Crippen LogP contribution in [-0.2, 0) is 5.54 Å². The van der Waals surface area contributed by atoms with Gasteiger partial charge < -0.3 is 19.7 Å². The fourth-order valence-corrected chi connectivity index (χ4v) is 2.08. The van der Waals surface area contributed by atoms with Gasteiger partial charge in [-0.2, -0.15) is 4.98 Å². The van der Waals surface area contributed by atoms with Crippen molar-refractivity contribution in [2.45, 2.75) is 32.2 Å². The van der Waals surface area contributed by atoms with E-state index in [4.69, 9.17) is 19.7 Å². The molecule has 1 aromatic heterocycles. The first-order valence-electron chi connectivity index (χ1n) is 6.93. The van der Waals surface area contributed by atoms with E-state index >= 15 is 0 Å². The normalized spacial score (nSPS) is 11.5. The third kappa shape index (κ3) is 2.85. The van der Waals surface area contributed by atoms with Crippen LogP contribution in [-0.4, -0.2) is 24.4 Å². The number of hydrogen-bond acceptors (Lipinski definition) is 6. The highest BCUT2D eigenvalue weighted by molar-refractivity contribution is 5.59. The first-order valence-corrected chi connectivity index (χ1v) is 6.93. The Bertz CT molecular complexity index is 606. The van der Waals surface area contributed by atoms with Gasteiger partial charge in [0.1, 0.15) is 0 Å². The van der Waals surface area contributed by atoms with Crippen LogP contribution in [0.5, 0.6) is 11.5 Å². The lowest BCUT2D eigenvalue weighted by Crippen LogP contribution is -2.36. The molecule has 2 N–H and O–H groups in total. The molecule has 0 aliphatic heterocycles. The van der Waals surface area contributed by atoms with Crippen molar-refractivity contribution in [3.8, 4) is 23.0 Å². The van der Waals surface area contributed by atoms with Crippen LogP contribution in [0.3, 0.4) is 0 Å². The summed E-state index contributed by atoms with van der Waals surface area (Å²) in [6, 6.07) is 5.44. The highest BCUT2D eigenvalue weighted by Crippen LogP contribution is 2.32. The molecule has 0 spiro atoms. The fourth-order valence-electron chi connectivity index (χ4n) is 2.08. The maximum absolute atomic E-state index is 6.28. The molecule has 0 amide bonds. The zero-order valence-corrected chi connectivity index (χ0v) is 12.8. The van der Waals surface area contributed by atoms with Crippen LogP contribution in [0.15, 0.2) is 22.7 Å². The minimum absolute atomic E-state index is 0.419. The fraction of sp³-hybridized carbons (Fsp3) is 0.467. The molecule has 6 nitrogen and oxygen atoms in total. The van der Waals surface area contributed by atoms with Gasteiger partial charge in [0.25, 0.3) is 5.89 Å². The van der Waals surface area contributed by atoms with Gasteiger partial charge in [0.2, 0.25) is 0 Å². The molecular weight excluding hydrogens is 270 g/mol. The van der Waals surface area contributed by atoms with E-state index in [1.807, 2.05) is 19.9 Å². The molecule has 21 heavy (non-hydrogen) atoms. The molecule has 2 aromatic rings. The van der Waals surface area contributed by atoms with Gasteiger partial charge in [0, 0.05) is 5.56 Å². The lowest BCUT2D eigenvalue weighted by molar-refractivity contribution is 0.349. The summed E-state index contributed by atoms with van der Waals surface area (Å²) in [5.74, 6) is 2.20. The molecule has 0 bridgehead atoms. The number of nitrogens with zero attached hydrogens (tertiary/aromatic N) is 2. The number of aromatic nitrogens is 2. The van der Waals surface area contributed by atoms with E-state index in [1.54, 1.807) is 26.4 Å². The molecule has 114 valence electrons. The maximum Gasteiger partial charge on any atom is 0.258 e. The van der Waals surface area contributed by atoms with Gasteiger partial charge in [-0.05, 0) is 31.0 Å². The molecule has 1 aromatic carbocycles. The van der Waals surface area contributed by atoms with Gasteiger partial charge >= 0.3 is 0 Å². The first kappa shape index (κ1) is 15.3. The molecule has 0 aliphatic rings. The average molecular weight is 291 g/mol. The molecule has 2 rings (SSSR count). The van der Waals surface area contributed by atoms with E-state index in [2.05, 4.69) is 10.1 Å². The van der Waals surface area contributed by atoms with E-state index in [0.29, 0.717) is 23.2 Å². The van der Waals surface area contributed by atoms with Crippen molar-refractivity contribution in [1.29, 1.82) is 0 Å². The Labute approximate surface area is 124 Å². The predicted molar refractivity (Wildman–Crippen MR) is 79.3 cm³/mol. The second-order valence-electron chi connectivity index (χ2n) is 4.86. The first-order chi connectivity index (χ1) is 10.1. The summed E-state index contributed by atoms with van der Waals surface area (Å²) in [6.45, 7) is 4.02. The molecule has 0 saturated carbocycles. The van der Waals surface area contributed by atoms with Crippen molar-refractivity contribution in [1.82, 2.24) is 10.1 Å². The molecule has 0 atom stereocenters. The third-order valence-corrected chi connectivity index (χ3v) is 3.76. The molecule has 6 heteroatoms. The van der Waals surface area contributed by atoms with Crippen LogP contribution in [0.2, 0.25) is 0 Å². The minimum atomic E-state index is -0.557. The van der Waals surface area contributed by atoms with Crippen molar-refractivity contribution in [2.24, 2.45) is 5.73 Å². The van der Waals surface area contributed by atoms with Gasteiger partial charge in [-0.1, -0.05) is 19.0 Å². The molecule has 0 fully saturated rings. The van der Waals surface area contributed by atoms with Gasteiger partial charge in [0.05, 0.1) is 19.8 Å². The summed E-state index contributed by atoms with van der Waals surface area (Å²) in [7, 11) is 3.17. The Morgan fingerprint density at radius 1 is 1.14 bits per heavy atom. The maximum atomic E-state index is 6.28. The van der Waals surface area contributed by atoms with Gasteiger partial charge in [-0.25, -0.2) is 0 Å². The van der Waals surface area contributed by atoms with Crippen molar-refractivity contribution in [2.75, 3.05) is 14.2 Å². The van der Waals surface area contributed by atoms with E-state index < -0.39 is 5.54 Å². The molecule has 0 saturated heterocycles. The summed E-state index contributed by atoms with van der Waals surface area (Å²) in [6.07, 6.45) is 1.49. The van der Waals surface area contributed by atoms with E-state index in [1.165, 1.54) is 0 Å². The number of hydrogen-bond donors (Lipinski definition) is 1. The molecule has 0 unspecified atom stereocenters. The Morgan fingerprint density at radius 2 is 1.81 bits per heavy atom. The van der Waals surface area contributed by atoms with E-state index in [9.17, 15) is 0 Å². The van der Waals surface area contributed by atoms with Crippen LogP contribution < -0.4 is 15.2 Å². The van der Waals surface area contributed by atoms with Crippen molar-refractivity contribution in [3.05, 3.63) is 24.0 Å². The smallest absolute Gasteiger partial charge is 0.258 e. The SMILES string of the molecule is CCC(N)(CC)c1noc(-c2ccc(OC)c(OC)c2)n1. The third-order valence-electron chi connectivity index (χ3n) is 3.76. The lowest BCUT2D eigenvalue weighted by atomic mass is 9.93. The number of benzene rings is 1. The van der Waals surface area contributed by atoms with Crippen LogP contribution in [0.25, 0.3) is 11.5 Å². The number of ether oxygens (including phenoxy) is 2. The largest absolute Gasteiger partial charge is 0.493 e. The number of rotatable bonds is 6. The minimum Gasteiger partial charge on any atom is -0.493 e. The second-order valence-corrected chi connectivity index (χ2v) is 4.86. The van der Waals surface area contributed by atoms with E-state index in [0.717, 1.165) is 18.4 Å². The second kappa shape index (κ2) is 6.13. The van der Waals surface area contributed by atoms with Gasteiger partial charge in [-0.15, -0.1) is 0 Å². The predicted octanol–water partition coefficient (Wildman–Crippen LogP) is 2.73. The topological polar surface area (TPSA) is 83.4 Å². The summed E-state index contributed by atoms with van der Waals surface area (Å²) >= 11 is 0. The molecule has 0 aliphatic carbocycles. The highest BCUT2D eigenvalue weighted by atomic mass is 16.5. The van der Waals surface area contributed by atoms with Crippen LogP contribution in [0.1, 0.15) is 32.5 Å². The summed E-state index contributed by atoms with van der Waals surface area (Å²) < 4.78 is 15.8. The van der Waals surface area contributed by atoms with Crippen molar-refractivity contribution < 1.29 is 14.0 Å². The quantitative estimate of drug-likeness (QED) is 0.881. The monoisotopic (exact) mass is 291 g/mol. The van der Waals surface area contributed by atoms with Gasteiger partial charge in [0.15, 0.2) is 17.3 Å². The van der Waals surface area contributed by atoms with Gasteiger partial charge in [-0.3, -0.25) is 0 Å². The number of methoxy groups -OCH3 is 2. The lowest BCUT2D eigenvalue weighted by Gasteiger charge is -2.21. The molecule has 0 radical (unpaired) electrons. The van der Waals surface area contributed by atoms with E-state index in [-0.39, 0.29) is 0 Å². The number of nitrogens with two attached hydrogens (primary N) is 1. The Hall–Kier alpha value is -2.08. The summed E-state index contributed by atoms with van der Waals surface area (Å²) in [5.41, 5.74) is 6.49. The van der Waals surface area contributed by atoms with Crippen LogP contribution in [0, 0.1) is 0 Å². The highest BCUT2D eigenvalue weighted by Gasteiger charge is 2.29. The Balaban J connectivity index is 2.38. The average Bonchev–Trinajstić information content (AvgIpc) is 3.04. The summed E-state index contributed by atoms with van der Waals surface area (Å²) in [4.78, 5) is 4.43.